The van der Waals surface area contributed by atoms with Crippen LogP contribution in [0.15, 0.2) is 18.2 Å². The molecule has 1 atom stereocenters. The highest BCUT2D eigenvalue weighted by Crippen LogP contribution is 2.30. The van der Waals surface area contributed by atoms with Gasteiger partial charge in [-0.3, -0.25) is 0 Å². The SMILES string of the molecule is COc1ccc(NCC2CCOC2)cc1OCCO. The molecule has 1 saturated heterocycles. The Morgan fingerprint density at radius 3 is 3.00 bits per heavy atom. The normalized spacial score (nSPS) is 18.3. The van der Waals surface area contributed by atoms with Crippen LogP contribution < -0.4 is 14.8 Å². The third kappa shape index (κ3) is 4.01. The van der Waals surface area contributed by atoms with Crippen molar-refractivity contribution in [3.05, 3.63) is 18.2 Å². The number of ether oxygens (including phenoxy) is 3. The van der Waals surface area contributed by atoms with Gasteiger partial charge in [0.1, 0.15) is 6.61 Å². The molecule has 1 aliphatic heterocycles. The van der Waals surface area contributed by atoms with Crippen molar-refractivity contribution in [1.29, 1.82) is 0 Å². The van der Waals surface area contributed by atoms with Crippen molar-refractivity contribution in [2.75, 3.05) is 45.4 Å². The monoisotopic (exact) mass is 267 g/mol. The van der Waals surface area contributed by atoms with Crippen LogP contribution in [-0.4, -0.2) is 45.2 Å². The number of rotatable bonds is 7. The molecule has 1 unspecified atom stereocenters. The van der Waals surface area contributed by atoms with Gasteiger partial charge < -0.3 is 24.6 Å². The van der Waals surface area contributed by atoms with Gasteiger partial charge in [-0.25, -0.2) is 0 Å². The van der Waals surface area contributed by atoms with Gasteiger partial charge in [0.25, 0.3) is 0 Å². The minimum absolute atomic E-state index is 0.0137. The molecule has 0 amide bonds. The van der Waals surface area contributed by atoms with Crippen LogP contribution in [0.25, 0.3) is 0 Å². The molecule has 2 N–H and O–H groups in total. The maximum Gasteiger partial charge on any atom is 0.163 e. The fourth-order valence-electron chi connectivity index (χ4n) is 2.06. The van der Waals surface area contributed by atoms with Crippen LogP contribution in [0, 0.1) is 5.92 Å². The lowest BCUT2D eigenvalue weighted by molar-refractivity contribution is 0.187. The van der Waals surface area contributed by atoms with Crippen LogP contribution in [-0.2, 0) is 4.74 Å². The summed E-state index contributed by atoms with van der Waals surface area (Å²) in [5.41, 5.74) is 0.987. The number of aliphatic hydroxyl groups excluding tert-OH is 1. The maximum absolute atomic E-state index is 8.81. The number of methoxy groups -OCH3 is 1. The standard InChI is InChI=1S/C14H21NO4/c1-17-13-3-2-12(8-14(13)19-7-5-16)15-9-11-4-6-18-10-11/h2-3,8,11,15-16H,4-7,9-10H2,1H3. The Bertz CT molecular complexity index is 391. The Kier molecular flexibility index (Phi) is 5.30. The predicted octanol–water partition coefficient (Wildman–Crippen LogP) is 1.51. The van der Waals surface area contributed by atoms with Crippen molar-refractivity contribution in [2.24, 2.45) is 5.92 Å². The van der Waals surface area contributed by atoms with Crippen LogP contribution in [0.3, 0.4) is 0 Å². The first-order valence-corrected chi connectivity index (χ1v) is 6.57. The number of nitrogens with one attached hydrogen (secondary N) is 1. The second kappa shape index (κ2) is 7.21. The van der Waals surface area contributed by atoms with Gasteiger partial charge in [-0.2, -0.15) is 0 Å². The van der Waals surface area contributed by atoms with E-state index in [2.05, 4.69) is 5.32 Å². The minimum atomic E-state index is -0.0137. The van der Waals surface area contributed by atoms with E-state index in [1.165, 1.54) is 0 Å². The molecule has 0 aromatic heterocycles. The predicted molar refractivity (Wildman–Crippen MR) is 73.0 cm³/mol. The van der Waals surface area contributed by atoms with Crippen LogP contribution in [0.5, 0.6) is 11.5 Å². The average molecular weight is 267 g/mol. The first kappa shape index (κ1) is 14.0. The zero-order chi connectivity index (χ0) is 13.5. The highest BCUT2D eigenvalue weighted by atomic mass is 16.5. The molecular weight excluding hydrogens is 246 g/mol. The van der Waals surface area contributed by atoms with Gasteiger partial charge in [0.15, 0.2) is 11.5 Å². The molecule has 5 nitrogen and oxygen atoms in total. The number of anilines is 1. The van der Waals surface area contributed by atoms with Crippen molar-refractivity contribution >= 4 is 5.69 Å². The largest absolute Gasteiger partial charge is 0.493 e. The molecule has 0 saturated carbocycles. The number of aliphatic hydroxyl groups is 1. The van der Waals surface area contributed by atoms with E-state index < -0.39 is 0 Å². The molecule has 1 fully saturated rings. The Hall–Kier alpha value is -1.46. The summed E-state index contributed by atoms with van der Waals surface area (Å²) in [4.78, 5) is 0. The smallest absolute Gasteiger partial charge is 0.163 e. The Morgan fingerprint density at radius 1 is 1.42 bits per heavy atom. The lowest BCUT2D eigenvalue weighted by atomic mass is 10.1. The topological polar surface area (TPSA) is 60.0 Å². The minimum Gasteiger partial charge on any atom is -0.493 e. The first-order chi connectivity index (χ1) is 9.33. The van der Waals surface area contributed by atoms with Gasteiger partial charge in [-0.15, -0.1) is 0 Å². The van der Waals surface area contributed by atoms with E-state index in [1.807, 2.05) is 18.2 Å². The van der Waals surface area contributed by atoms with Gasteiger partial charge in [0.2, 0.25) is 0 Å². The summed E-state index contributed by atoms with van der Waals surface area (Å²) in [5, 5.41) is 12.2. The molecular formula is C14H21NO4. The number of hydrogen-bond acceptors (Lipinski definition) is 5. The van der Waals surface area contributed by atoms with Crippen LogP contribution in [0.1, 0.15) is 6.42 Å². The number of hydrogen-bond donors (Lipinski definition) is 2. The molecule has 1 aromatic carbocycles. The second-order valence-corrected chi connectivity index (χ2v) is 4.55. The van der Waals surface area contributed by atoms with Crippen LogP contribution in [0.4, 0.5) is 5.69 Å². The average Bonchev–Trinajstić information content (AvgIpc) is 2.96. The van der Waals surface area contributed by atoms with E-state index in [9.17, 15) is 0 Å². The van der Waals surface area contributed by atoms with Crippen molar-refractivity contribution in [3.8, 4) is 11.5 Å². The fraction of sp³-hybridized carbons (Fsp3) is 0.571. The van der Waals surface area contributed by atoms with Crippen molar-refractivity contribution < 1.29 is 19.3 Å². The summed E-state index contributed by atoms with van der Waals surface area (Å²) < 4.78 is 16.0. The quantitative estimate of drug-likeness (QED) is 0.784. The van der Waals surface area contributed by atoms with E-state index in [0.717, 1.165) is 31.9 Å². The second-order valence-electron chi connectivity index (χ2n) is 4.55. The van der Waals surface area contributed by atoms with Gasteiger partial charge in [0.05, 0.1) is 20.3 Å². The number of benzene rings is 1. The highest BCUT2D eigenvalue weighted by Gasteiger charge is 2.15. The summed E-state index contributed by atoms with van der Waals surface area (Å²) in [6.45, 7) is 2.83. The molecule has 1 aromatic rings. The molecule has 106 valence electrons. The summed E-state index contributed by atoms with van der Waals surface area (Å²) in [6, 6.07) is 5.71. The Labute approximate surface area is 113 Å². The van der Waals surface area contributed by atoms with Crippen molar-refractivity contribution in [1.82, 2.24) is 0 Å². The molecule has 0 spiro atoms. The van der Waals surface area contributed by atoms with Gasteiger partial charge in [-0.1, -0.05) is 0 Å². The molecule has 2 rings (SSSR count). The van der Waals surface area contributed by atoms with E-state index >= 15 is 0 Å². The summed E-state index contributed by atoms with van der Waals surface area (Å²) >= 11 is 0. The third-order valence-electron chi connectivity index (χ3n) is 3.13. The zero-order valence-electron chi connectivity index (χ0n) is 11.2. The van der Waals surface area contributed by atoms with E-state index in [-0.39, 0.29) is 13.2 Å². The summed E-state index contributed by atoms with van der Waals surface area (Å²) in [6.07, 6.45) is 1.11. The van der Waals surface area contributed by atoms with E-state index in [1.54, 1.807) is 7.11 Å². The molecule has 5 heteroatoms. The Morgan fingerprint density at radius 2 is 2.32 bits per heavy atom. The van der Waals surface area contributed by atoms with Crippen LogP contribution in [0.2, 0.25) is 0 Å². The molecule has 0 aliphatic carbocycles. The maximum atomic E-state index is 8.81. The lowest BCUT2D eigenvalue weighted by Gasteiger charge is -2.14. The van der Waals surface area contributed by atoms with Crippen molar-refractivity contribution in [3.63, 3.8) is 0 Å². The fourth-order valence-corrected chi connectivity index (χ4v) is 2.06. The highest BCUT2D eigenvalue weighted by molar-refractivity contribution is 5.54. The van der Waals surface area contributed by atoms with Gasteiger partial charge >= 0.3 is 0 Å². The molecule has 19 heavy (non-hydrogen) atoms. The third-order valence-corrected chi connectivity index (χ3v) is 3.13. The van der Waals surface area contributed by atoms with Crippen molar-refractivity contribution in [2.45, 2.75) is 6.42 Å². The van der Waals surface area contributed by atoms with E-state index in [0.29, 0.717) is 17.4 Å². The molecule has 1 aliphatic rings. The van der Waals surface area contributed by atoms with E-state index in [4.69, 9.17) is 19.3 Å². The molecule has 0 bridgehead atoms. The summed E-state index contributed by atoms with van der Waals surface area (Å²) in [5.74, 6) is 1.89. The van der Waals surface area contributed by atoms with Gasteiger partial charge in [0, 0.05) is 30.8 Å². The summed E-state index contributed by atoms with van der Waals surface area (Å²) in [7, 11) is 1.60. The Balaban J connectivity index is 1.95. The first-order valence-electron chi connectivity index (χ1n) is 6.57. The molecule has 0 radical (unpaired) electrons. The molecule has 1 heterocycles. The van der Waals surface area contributed by atoms with Crippen LogP contribution >= 0.6 is 0 Å². The zero-order valence-corrected chi connectivity index (χ0v) is 11.2. The van der Waals surface area contributed by atoms with Gasteiger partial charge in [-0.05, 0) is 18.6 Å². The lowest BCUT2D eigenvalue weighted by Crippen LogP contribution is -2.14.